The predicted molar refractivity (Wildman–Crippen MR) is 114 cm³/mol. The summed E-state index contributed by atoms with van der Waals surface area (Å²) in [6.45, 7) is 6.70. The number of benzene rings is 1. The van der Waals surface area contributed by atoms with Crippen molar-refractivity contribution in [1.29, 1.82) is 0 Å². The van der Waals surface area contributed by atoms with Gasteiger partial charge in [0, 0.05) is 49.5 Å². The highest BCUT2D eigenvalue weighted by molar-refractivity contribution is 5.97. The molecule has 0 saturated carbocycles. The zero-order valence-electron chi connectivity index (χ0n) is 17.5. The number of hydrogen-bond acceptors (Lipinski definition) is 5. The number of rotatable bonds is 6. The first-order valence-electron chi connectivity index (χ1n) is 11.0. The number of carbonyl (C=O) groups is 2. The van der Waals surface area contributed by atoms with Crippen molar-refractivity contribution in [3.8, 4) is 0 Å². The van der Waals surface area contributed by atoms with Gasteiger partial charge >= 0.3 is 6.03 Å². The van der Waals surface area contributed by atoms with E-state index in [1.807, 2.05) is 0 Å². The first-order valence-corrected chi connectivity index (χ1v) is 11.0. The molecule has 2 N–H and O–H groups in total. The van der Waals surface area contributed by atoms with Crippen molar-refractivity contribution in [2.75, 3.05) is 64.5 Å². The second-order valence-corrected chi connectivity index (χ2v) is 8.25. The summed E-state index contributed by atoms with van der Waals surface area (Å²) in [6, 6.07) is 7.19. The van der Waals surface area contributed by atoms with E-state index in [2.05, 4.69) is 15.5 Å². The Balaban J connectivity index is 1.32. The lowest BCUT2D eigenvalue weighted by Gasteiger charge is -2.32. The zero-order valence-corrected chi connectivity index (χ0v) is 17.5. The smallest absolute Gasteiger partial charge is 0.319 e. The van der Waals surface area contributed by atoms with E-state index >= 15 is 0 Å². The van der Waals surface area contributed by atoms with Gasteiger partial charge in [0.05, 0.1) is 19.8 Å². The van der Waals surface area contributed by atoms with Crippen LogP contribution in [0.25, 0.3) is 0 Å². The third-order valence-corrected chi connectivity index (χ3v) is 6.26. The lowest BCUT2D eigenvalue weighted by Crippen LogP contribution is -2.48. The van der Waals surface area contributed by atoms with Gasteiger partial charge in [0.2, 0.25) is 0 Å². The van der Waals surface area contributed by atoms with Gasteiger partial charge in [-0.15, -0.1) is 0 Å². The molecule has 3 heterocycles. The highest BCUT2D eigenvalue weighted by atomic mass is 16.5. The first kappa shape index (κ1) is 21.1. The van der Waals surface area contributed by atoms with Gasteiger partial charge in [0.25, 0.3) is 5.91 Å². The quantitative estimate of drug-likeness (QED) is 0.739. The Morgan fingerprint density at radius 3 is 2.60 bits per heavy atom. The number of morpholine rings is 1. The molecule has 0 radical (unpaired) electrons. The van der Waals surface area contributed by atoms with Crippen LogP contribution < -0.4 is 10.6 Å². The molecular formula is C22H32N4O4. The Bertz CT molecular complexity index is 710. The molecule has 3 aliphatic rings. The molecule has 0 aromatic heterocycles. The van der Waals surface area contributed by atoms with Crippen LogP contribution in [-0.4, -0.2) is 86.9 Å². The zero-order chi connectivity index (χ0) is 20.8. The number of amides is 3. The van der Waals surface area contributed by atoms with Crippen LogP contribution >= 0.6 is 0 Å². The fourth-order valence-corrected chi connectivity index (χ4v) is 4.57. The Labute approximate surface area is 177 Å². The SMILES string of the molecule is O=C(NC[C@H]([C@H]1CCOC1)N1CCCC1)Nc1cccc(C(=O)N2CCOCC2)c1. The van der Waals surface area contributed by atoms with Crippen LogP contribution in [0.5, 0.6) is 0 Å². The Hall–Kier alpha value is -2.16. The summed E-state index contributed by atoms with van der Waals surface area (Å²) in [7, 11) is 0. The van der Waals surface area contributed by atoms with Gasteiger partial charge in [-0.05, 0) is 50.6 Å². The molecule has 30 heavy (non-hydrogen) atoms. The number of anilines is 1. The molecule has 0 aliphatic carbocycles. The summed E-state index contributed by atoms with van der Waals surface area (Å²) in [5, 5.41) is 5.92. The average Bonchev–Trinajstić information content (AvgIpc) is 3.49. The third kappa shape index (κ3) is 5.30. The average molecular weight is 417 g/mol. The van der Waals surface area contributed by atoms with E-state index in [4.69, 9.17) is 9.47 Å². The molecule has 0 unspecified atom stereocenters. The summed E-state index contributed by atoms with van der Waals surface area (Å²) in [5.74, 6) is 0.440. The normalized spacial score (nSPS) is 23.3. The fraction of sp³-hybridized carbons (Fsp3) is 0.636. The maximum atomic E-state index is 12.7. The summed E-state index contributed by atoms with van der Waals surface area (Å²) >= 11 is 0. The molecule has 2 atom stereocenters. The Morgan fingerprint density at radius 1 is 1.07 bits per heavy atom. The number of carbonyl (C=O) groups excluding carboxylic acids is 2. The van der Waals surface area contributed by atoms with E-state index in [9.17, 15) is 9.59 Å². The van der Waals surface area contributed by atoms with Gasteiger partial charge in [-0.25, -0.2) is 4.79 Å². The standard InChI is InChI=1S/C22H32N4O4/c27-21(26-9-12-29-13-10-26)17-4-3-5-19(14-17)24-22(28)23-15-20(18-6-11-30-16-18)25-7-1-2-8-25/h3-5,14,18,20H,1-2,6-13,15-16H2,(H2,23,24,28)/t18-,20+/m0/s1. The van der Waals surface area contributed by atoms with Gasteiger partial charge in [-0.3, -0.25) is 9.69 Å². The lowest BCUT2D eigenvalue weighted by atomic mass is 9.97. The van der Waals surface area contributed by atoms with Crippen LogP contribution in [0.1, 0.15) is 29.6 Å². The van der Waals surface area contributed by atoms with E-state index in [0.717, 1.165) is 32.7 Å². The molecule has 0 bridgehead atoms. The molecule has 3 aliphatic heterocycles. The molecule has 8 heteroatoms. The second-order valence-electron chi connectivity index (χ2n) is 8.25. The van der Waals surface area contributed by atoms with Crippen molar-refractivity contribution < 1.29 is 19.1 Å². The van der Waals surface area contributed by atoms with Gasteiger partial charge in [0.1, 0.15) is 0 Å². The maximum absolute atomic E-state index is 12.7. The van der Waals surface area contributed by atoms with Crippen molar-refractivity contribution in [3.63, 3.8) is 0 Å². The summed E-state index contributed by atoms with van der Waals surface area (Å²) in [6.07, 6.45) is 3.50. The molecule has 1 aromatic carbocycles. The molecule has 3 fully saturated rings. The van der Waals surface area contributed by atoms with Gasteiger partial charge in [0.15, 0.2) is 0 Å². The molecular weight excluding hydrogens is 384 g/mol. The topological polar surface area (TPSA) is 83.1 Å². The summed E-state index contributed by atoms with van der Waals surface area (Å²) < 4.78 is 10.9. The molecule has 1 aromatic rings. The van der Waals surface area contributed by atoms with Crippen molar-refractivity contribution in [2.45, 2.75) is 25.3 Å². The predicted octanol–water partition coefficient (Wildman–Crippen LogP) is 1.78. The maximum Gasteiger partial charge on any atom is 0.319 e. The van der Waals surface area contributed by atoms with E-state index in [-0.39, 0.29) is 11.9 Å². The Morgan fingerprint density at radius 2 is 1.87 bits per heavy atom. The van der Waals surface area contributed by atoms with Crippen molar-refractivity contribution in [1.82, 2.24) is 15.1 Å². The molecule has 3 saturated heterocycles. The van der Waals surface area contributed by atoms with Crippen molar-refractivity contribution >= 4 is 17.6 Å². The summed E-state index contributed by atoms with van der Waals surface area (Å²) in [4.78, 5) is 29.5. The molecule has 3 amide bonds. The van der Waals surface area contributed by atoms with E-state index in [0.29, 0.717) is 56.1 Å². The van der Waals surface area contributed by atoms with E-state index in [1.54, 1.807) is 29.2 Å². The van der Waals surface area contributed by atoms with Crippen LogP contribution in [0, 0.1) is 5.92 Å². The minimum atomic E-state index is -0.242. The van der Waals surface area contributed by atoms with Crippen LogP contribution in [0.4, 0.5) is 10.5 Å². The first-order chi connectivity index (χ1) is 14.7. The number of nitrogens with one attached hydrogen (secondary N) is 2. The van der Waals surface area contributed by atoms with Crippen LogP contribution in [0.3, 0.4) is 0 Å². The third-order valence-electron chi connectivity index (χ3n) is 6.26. The lowest BCUT2D eigenvalue weighted by molar-refractivity contribution is 0.0303. The van der Waals surface area contributed by atoms with Gasteiger partial charge in [-0.1, -0.05) is 6.07 Å². The fourth-order valence-electron chi connectivity index (χ4n) is 4.57. The highest BCUT2D eigenvalue weighted by Gasteiger charge is 2.32. The molecule has 0 spiro atoms. The minimum absolute atomic E-state index is 0.0299. The monoisotopic (exact) mass is 416 g/mol. The Kier molecular flexibility index (Phi) is 7.20. The molecule has 164 valence electrons. The van der Waals surface area contributed by atoms with Crippen LogP contribution in [0.15, 0.2) is 24.3 Å². The largest absolute Gasteiger partial charge is 0.381 e. The van der Waals surface area contributed by atoms with Gasteiger partial charge in [-0.2, -0.15) is 0 Å². The van der Waals surface area contributed by atoms with Crippen LogP contribution in [0.2, 0.25) is 0 Å². The number of hydrogen-bond donors (Lipinski definition) is 2. The molecule has 8 nitrogen and oxygen atoms in total. The minimum Gasteiger partial charge on any atom is -0.381 e. The number of urea groups is 1. The summed E-state index contributed by atoms with van der Waals surface area (Å²) in [5.41, 5.74) is 1.20. The van der Waals surface area contributed by atoms with Gasteiger partial charge < -0.3 is 25.0 Å². The van der Waals surface area contributed by atoms with Crippen molar-refractivity contribution in [3.05, 3.63) is 29.8 Å². The van der Waals surface area contributed by atoms with Crippen LogP contribution in [-0.2, 0) is 9.47 Å². The highest BCUT2D eigenvalue weighted by Crippen LogP contribution is 2.24. The van der Waals surface area contributed by atoms with Crippen molar-refractivity contribution in [2.24, 2.45) is 5.92 Å². The van der Waals surface area contributed by atoms with E-state index in [1.165, 1.54) is 12.8 Å². The second kappa shape index (κ2) is 10.2. The number of ether oxygens (including phenoxy) is 2. The number of nitrogens with zero attached hydrogens (tertiary/aromatic N) is 2. The number of likely N-dealkylation sites (tertiary alicyclic amines) is 1. The molecule has 4 rings (SSSR count). The van der Waals surface area contributed by atoms with E-state index < -0.39 is 0 Å².